The molecule has 1 amide bonds. The highest BCUT2D eigenvalue weighted by molar-refractivity contribution is 6.04. The number of rotatable bonds is 3. The molecular weight excluding hydrogens is 293 g/mol. The number of nitrogens with one attached hydrogen (secondary N) is 1. The van der Waals surface area contributed by atoms with Gasteiger partial charge in [-0.15, -0.1) is 0 Å². The first kappa shape index (κ1) is 15.6. The fourth-order valence-corrected chi connectivity index (χ4v) is 1.89. The molecular formula is C16H11F3N2O. The SMILES string of the molecule is N#CCc1cccc(C(=O)Nc2cccc(C(F)(F)F)c2)c1. The number of benzene rings is 2. The van der Waals surface area contributed by atoms with Gasteiger partial charge in [0.15, 0.2) is 0 Å². The summed E-state index contributed by atoms with van der Waals surface area (Å²) in [5, 5.41) is 11.1. The van der Waals surface area contributed by atoms with E-state index in [1.54, 1.807) is 12.1 Å². The summed E-state index contributed by atoms with van der Waals surface area (Å²) >= 11 is 0. The predicted molar refractivity (Wildman–Crippen MR) is 75.2 cm³/mol. The lowest BCUT2D eigenvalue weighted by Crippen LogP contribution is -2.13. The van der Waals surface area contributed by atoms with Gasteiger partial charge in [-0.3, -0.25) is 4.79 Å². The van der Waals surface area contributed by atoms with Crippen LogP contribution in [-0.4, -0.2) is 5.91 Å². The zero-order valence-corrected chi connectivity index (χ0v) is 11.3. The Kier molecular flexibility index (Phi) is 4.47. The van der Waals surface area contributed by atoms with E-state index in [4.69, 9.17) is 5.26 Å². The number of hydrogen-bond donors (Lipinski definition) is 1. The summed E-state index contributed by atoms with van der Waals surface area (Å²) in [6, 6.07) is 12.8. The van der Waals surface area contributed by atoms with Gasteiger partial charge in [0.25, 0.3) is 5.91 Å². The van der Waals surface area contributed by atoms with Gasteiger partial charge in [0, 0.05) is 11.3 Å². The van der Waals surface area contributed by atoms with Gasteiger partial charge < -0.3 is 5.32 Å². The number of halogens is 3. The second-order valence-corrected chi connectivity index (χ2v) is 4.57. The van der Waals surface area contributed by atoms with Crippen molar-refractivity contribution in [3.8, 4) is 6.07 Å². The minimum absolute atomic E-state index is 0.0607. The lowest BCUT2D eigenvalue weighted by atomic mass is 10.1. The van der Waals surface area contributed by atoms with Crippen LogP contribution in [0.5, 0.6) is 0 Å². The fraction of sp³-hybridized carbons (Fsp3) is 0.125. The van der Waals surface area contributed by atoms with E-state index in [9.17, 15) is 18.0 Å². The molecule has 0 atom stereocenters. The number of hydrogen-bond acceptors (Lipinski definition) is 2. The first-order chi connectivity index (χ1) is 10.4. The Morgan fingerprint density at radius 1 is 1.14 bits per heavy atom. The highest BCUT2D eigenvalue weighted by Crippen LogP contribution is 2.30. The van der Waals surface area contributed by atoms with Crippen molar-refractivity contribution >= 4 is 11.6 Å². The molecule has 0 aliphatic carbocycles. The van der Waals surface area contributed by atoms with Crippen LogP contribution in [0.15, 0.2) is 48.5 Å². The van der Waals surface area contributed by atoms with Crippen molar-refractivity contribution in [3.05, 3.63) is 65.2 Å². The molecule has 1 N–H and O–H groups in total. The molecule has 0 radical (unpaired) electrons. The topological polar surface area (TPSA) is 52.9 Å². The maximum Gasteiger partial charge on any atom is 0.416 e. The summed E-state index contributed by atoms with van der Waals surface area (Å²) in [4.78, 5) is 12.1. The third-order valence-corrected chi connectivity index (χ3v) is 2.92. The third kappa shape index (κ3) is 3.85. The van der Waals surface area contributed by atoms with Crippen molar-refractivity contribution in [3.63, 3.8) is 0 Å². The molecule has 3 nitrogen and oxygen atoms in total. The van der Waals surface area contributed by atoms with Crippen molar-refractivity contribution in [2.24, 2.45) is 0 Å². The van der Waals surface area contributed by atoms with Crippen LogP contribution in [0.1, 0.15) is 21.5 Å². The van der Waals surface area contributed by atoms with Gasteiger partial charge in [0.1, 0.15) is 0 Å². The smallest absolute Gasteiger partial charge is 0.322 e. The van der Waals surface area contributed by atoms with E-state index in [0.29, 0.717) is 5.56 Å². The van der Waals surface area contributed by atoms with E-state index in [-0.39, 0.29) is 17.7 Å². The molecule has 2 rings (SSSR count). The molecule has 6 heteroatoms. The van der Waals surface area contributed by atoms with Crippen LogP contribution < -0.4 is 5.32 Å². The van der Waals surface area contributed by atoms with E-state index in [1.807, 2.05) is 6.07 Å². The molecule has 0 bridgehead atoms. The number of nitriles is 1. The van der Waals surface area contributed by atoms with Gasteiger partial charge in [-0.05, 0) is 35.9 Å². The van der Waals surface area contributed by atoms with Crippen molar-refractivity contribution in [2.45, 2.75) is 12.6 Å². The molecule has 22 heavy (non-hydrogen) atoms. The molecule has 0 fully saturated rings. The summed E-state index contributed by atoms with van der Waals surface area (Å²) in [5.41, 5.74) is 0.179. The summed E-state index contributed by atoms with van der Waals surface area (Å²) in [7, 11) is 0. The van der Waals surface area contributed by atoms with Crippen molar-refractivity contribution < 1.29 is 18.0 Å². The zero-order chi connectivity index (χ0) is 16.2. The Morgan fingerprint density at radius 3 is 2.55 bits per heavy atom. The van der Waals surface area contributed by atoms with Crippen LogP contribution >= 0.6 is 0 Å². The quantitative estimate of drug-likeness (QED) is 0.931. The Hall–Kier alpha value is -2.81. The maximum atomic E-state index is 12.6. The summed E-state index contributed by atoms with van der Waals surface area (Å²) in [5.74, 6) is -0.529. The molecule has 2 aromatic carbocycles. The second kappa shape index (κ2) is 6.31. The van der Waals surface area contributed by atoms with Crippen LogP contribution in [0, 0.1) is 11.3 Å². The molecule has 0 heterocycles. The predicted octanol–water partition coefficient (Wildman–Crippen LogP) is 4.02. The largest absolute Gasteiger partial charge is 0.416 e. The molecule has 0 spiro atoms. The number of amides is 1. The Morgan fingerprint density at radius 2 is 1.86 bits per heavy atom. The fourth-order valence-electron chi connectivity index (χ4n) is 1.89. The van der Waals surface area contributed by atoms with Crippen LogP contribution in [0.2, 0.25) is 0 Å². The monoisotopic (exact) mass is 304 g/mol. The summed E-state index contributed by atoms with van der Waals surface area (Å²) in [6.07, 6.45) is -4.31. The van der Waals surface area contributed by atoms with Gasteiger partial charge in [-0.2, -0.15) is 18.4 Å². The van der Waals surface area contributed by atoms with Gasteiger partial charge in [0.2, 0.25) is 0 Å². The third-order valence-electron chi connectivity index (χ3n) is 2.92. The highest BCUT2D eigenvalue weighted by atomic mass is 19.4. The van der Waals surface area contributed by atoms with Crippen molar-refractivity contribution in [1.82, 2.24) is 0 Å². The second-order valence-electron chi connectivity index (χ2n) is 4.57. The average molecular weight is 304 g/mol. The Balaban J connectivity index is 2.19. The normalized spacial score (nSPS) is 10.8. The number of carbonyl (C=O) groups excluding carboxylic acids is 1. The highest BCUT2D eigenvalue weighted by Gasteiger charge is 2.30. The first-order valence-corrected chi connectivity index (χ1v) is 6.34. The first-order valence-electron chi connectivity index (χ1n) is 6.34. The van der Waals surface area contributed by atoms with E-state index in [2.05, 4.69) is 5.32 Å². The van der Waals surface area contributed by atoms with E-state index >= 15 is 0 Å². The standard InChI is InChI=1S/C16H11F3N2O/c17-16(18,19)13-5-2-6-14(10-13)21-15(22)12-4-1-3-11(9-12)7-8-20/h1-6,9-10H,7H2,(H,21,22). The minimum atomic E-state index is -4.46. The molecule has 2 aromatic rings. The van der Waals surface area contributed by atoms with Gasteiger partial charge in [-0.25, -0.2) is 0 Å². The molecule has 112 valence electrons. The van der Waals surface area contributed by atoms with Crippen LogP contribution in [0.25, 0.3) is 0 Å². The Bertz CT molecular complexity index is 733. The summed E-state index contributed by atoms with van der Waals surface area (Å²) in [6.45, 7) is 0. The van der Waals surface area contributed by atoms with E-state index in [1.165, 1.54) is 24.3 Å². The lowest BCUT2D eigenvalue weighted by Gasteiger charge is -2.10. The zero-order valence-electron chi connectivity index (χ0n) is 11.3. The molecule has 0 saturated heterocycles. The molecule has 0 unspecified atom stereocenters. The number of nitrogens with zero attached hydrogens (tertiary/aromatic N) is 1. The van der Waals surface area contributed by atoms with E-state index in [0.717, 1.165) is 12.1 Å². The minimum Gasteiger partial charge on any atom is -0.322 e. The van der Waals surface area contributed by atoms with Gasteiger partial charge in [-0.1, -0.05) is 18.2 Å². The van der Waals surface area contributed by atoms with Crippen LogP contribution in [0.3, 0.4) is 0 Å². The van der Waals surface area contributed by atoms with Crippen LogP contribution in [0.4, 0.5) is 18.9 Å². The van der Waals surface area contributed by atoms with Crippen molar-refractivity contribution in [2.75, 3.05) is 5.32 Å². The summed E-state index contributed by atoms with van der Waals surface area (Å²) < 4.78 is 37.9. The maximum absolute atomic E-state index is 12.6. The number of alkyl halides is 3. The van der Waals surface area contributed by atoms with Gasteiger partial charge >= 0.3 is 6.18 Å². The Labute approximate surface area is 125 Å². The molecule has 0 aliphatic heterocycles. The lowest BCUT2D eigenvalue weighted by molar-refractivity contribution is -0.137. The van der Waals surface area contributed by atoms with Crippen LogP contribution in [-0.2, 0) is 12.6 Å². The van der Waals surface area contributed by atoms with E-state index < -0.39 is 17.6 Å². The molecule has 0 saturated carbocycles. The molecule has 0 aliphatic rings. The van der Waals surface area contributed by atoms with Crippen molar-refractivity contribution in [1.29, 1.82) is 5.26 Å². The van der Waals surface area contributed by atoms with Gasteiger partial charge in [0.05, 0.1) is 18.1 Å². The number of anilines is 1. The average Bonchev–Trinajstić information content (AvgIpc) is 2.47. The molecule has 0 aromatic heterocycles. The number of carbonyl (C=O) groups is 1.